The fraction of sp³-hybridized carbons (Fsp3) is 0.733. The minimum absolute atomic E-state index is 0.174. The number of aliphatic hydroxyl groups is 1. The summed E-state index contributed by atoms with van der Waals surface area (Å²) in [7, 11) is 0. The van der Waals surface area contributed by atoms with E-state index in [4.69, 9.17) is 4.74 Å². The van der Waals surface area contributed by atoms with Crippen molar-refractivity contribution >= 4 is 11.7 Å². The van der Waals surface area contributed by atoms with E-state index < -0.39 is 6.10 Å². The molecule has 3 rings (SSSR count). The molecule has 0 radical (unpaired) electrons. The lowest BCUT2D eigenvalue weighted by Crippen LogP contribution is -2.33. The lowest BCUT2D eigenvalue weighted by atomic mass is 10.0. The van der Waals surface area contributed by atoms with Crippen LogP contribution in [0.5, 0.6) is 0 Å². The number of nitrogens with zero attached hydrogens (tertiary/aromatic N) is 3. The average molecular weight is 308 g/mol. The fourth-order valence-corrected chi connectivity index (χ4v) is 3.15. The highest BCUT2D eigenvalue weighted by Gasteiger charge is 2.32. The predicted octanol–water partition coefficient (Wildman–Crippen LogP) is 1.30. The highest BCUT2D eigenvalue weighted by molar-refractivity contribution is 5.89. The number of carbonyl (C=O) groups is 1. The zero-order valence-corrected chi connectivity index (χ0v) is 12.9. The van der Waals surface area contributed by atoms with Gasteiger partial charge in [0.15, 0.2) is 0 Å². The summed E-state index contributed by atoms with van der Waals surface area (Å²) in [4.78, 5) is 13.9. The number of β-amino-alcohol motifs (C(OH)–C–C–N with tert-alkyl or cyclic N) is 1. The van der Waals surface area contributed by atoms with Crippen LogP contribution in [0.2, 0.25) is 0 Å². The number of ether oxygens (including phenoxy) is 1. The smallest absolute Gasteiger partial charge is 0.322 e. The van der Waals surface area contributed by atoms with Crippen molar-refractivity contribution in [2.24, 2.45) is 5.92 Å². The van der Waals surface area contributed by atoms with Gasteiger partial charge in [-0.25, -0.2) is 4.79 Å². The first-order valence-electron chi connectivity index (χ1n) is 8.03. The molecule has 2 fully saturated rings. The molecule has 0 aromatic carbocycles. The van der Waals surface area contributed by atoms with Crippen molar-refractivity contribution < 1.29 is 14.6 Å². The van der Waals surface area contributed by atoms with Crippen molar-refractivity contribution in [3.63, 3.8) is 0 Å². The molecule has 2 aliphatic heterocycles. The summed E-state index contributed by atoms with van der Waals surface area (Å²) in [6.45, 7) is 4.58. The number of likely N-dealkylation sites (tertiary alicyclic amines) is 1. The monoisotopic (exact) mass is 308 g/mol. The highest BCUT2D eigenvalue weighted by Crippen LogP contribution is 2.21. The number of hydrogen-bond acceptors (Lipinski definition) is 4. The molecule has 2 saturated heterocycles. The summed E-state index contributed by atoms with van der Waals surface area (Å²) in [5.41, 5.74) is 0.678. The third-order valence-corrected chi connectivity index (χ3v) is 4.52. The molecule has 3 unspecified atom stereocenters. The molecule has 122 valence electrons. The Morgan fingerprint density at radius 3 is 3.09 bits per heavy atom. The topological polar surface area (TPSA) is 79.6 Å². The van der Waals surface area contributed by atoms with E-state index in [0.29, 0.717) is 18.8 Å². The molecule has 7 heteroatoms. The van der Waals surface area contributed by atoms with Crippen LogP contribution in [0.25, 0.3) is 0 Å². The number of rotatable bonds is 4. The van der Waals surface area contributed by atoms with Crippen LogP contribution in [-0.2, 0) is 11.3 Å². The number of amides is 2. The van der Waals surface area contributed by atoms with Crippen LogP contribution in [0, 0.1) is 5.92 Å². The van der Waals surface area contributed by atoms with Crippen LogP contribution < -0.4 is 5.32 Å². The second-order valence-corrected chi connectivity index (χ2v) is 6.16. The van der Waals surface area contributed by atoms with E-state index in [1.165, 1.54) is 0 Å². The molecule has 2 aliphatic rings. The van der Waals surface area contributed by atoms with Gasteiger partial charge in [0.25, 0.3) is 0 Å². The summed E-state index contributed by atoms with van der Waals surface area (Å²) in [5, 5.41) is 17.0. The van der Waals surface area contributed by atoms with Crippen molar-refractivity contribution in [3.8, 4) is 0 Å². The van der Waals surface area contributed by atoms with Crippen LogP contribution in [0.1, 0.15) is 26.2 Å². The minimum atomic E-state index is -0.419. The molecule has 0 saturated carbocycles. The summed E-state index contributed by atoms with van der Waals surface area (Å²) in [6, 6.07) is -0.174. The van der Waals surface area contributed by atoms with Gasteiger partial charge >= 0.3 is 6.03 Å². The number of hydrogen-bond donors (Lipinski definition) is 2. The van der Waals surface area contributed by atoms with Gasteiger partial charge in [-0.2, -0.15) is 5.10 Å². The Morgan fingerprint density at radius 2 is 2.41 bits per heavy atom. The van der Waals surface area contributed by atoms with E-state index in [9.17, 15) is 9.90 Å². The van der Waals surface area contributed by atoms with Gasteiger partial charge < -0.3 is 20.1 Å². The zero-order valence-electron chi connectivity index (χ0n) is 12.9. The van der Waals surface area contributed by atoms with E-state index in [1.807, 2.05) is 13.1 Å². The molecule has 1 aromatic heterocycles. The third-order valence-electron chi connectivity index (χ3n) is 4.52. The maximum atomic E-state index is 12.2. The first kappa shape index (κ1) is 15.3. The zero-order chi connectivity index (χ0) is 15.5. The van der Waals surface area contributed by atoms with Gasteiger partial charge in [0, 0.05) is 31.8 Å². The van der Waals surface area contributed by atoms with Gasteiger partial charge in [0.2, 0.25) is 0 Å². The molecule has 1 aromatic rings. The maximum absolute atomic E-state index is 12.2. The fourth-order valence-electron chi connectivity index (χ4n) is 3.15. The van der Waals surface area contributed by atoms with Crippen molar-refractivity contribution in [2.75, 3.05) is 25.0 Å². The number of carbonyl (C=O) groups excluding carboxylic acids is 1. The van der Waals surface area contributed by atoms with E-state index >= 15 is 0 Å². The average Bonchev–Trinajstić information content (AvgIpc) is 3.21. The van der Waals surface area contributed by atoms with Crippen LogP contribution in [0.4, 0.5) is 10.5 Å². The van der Waals surface area contributed by atoms with Crippen molar-refractivity contribution in [2.45, 2.75) is 44.9 Å². The van der Waals surface area contributed by atoms with Gasteiger partial charge in [0.05, 0.1) is 30.6 Å². The number of urea groups is 1. The first-order valence-corrected chi connectivity index (χ1v) is 8.03. The molecule has 7 nitrogen and oxygen atoms in total. The van der Waals surface area contributed by atoms with Gasteiger partial charge in [-0.3, -0.25) is 4.68 Å². The van der Waals surface area contributed by atoms with Gasteiger partial charge in [-0.15, -0.1) is 0 Å². The lowest BCUT2D eigenvalue weighted by Gasteiger charge is -2.15. The summed E-state index contributed by atoms with van der Waals surface area (Å²) < 4.78 is 7.39. The van der Waals surface area contributed by atoms with Crippen LogP contribution >= 0.6 is 0 Å². The lowest BCUT2D eigenvalue weighted by molar-refractivity contribution is 0.0940. The Hall–Kier alpha value is -1.60. The Labute approximate surface area is 130 Å². The molecule has 3 heterocycles. The van der Waals surface area contributed by atoms with E-state index in [0.717, 1.165) is 32.4 Å². The third kappa shape index (κ3) is 3.41. The molecule has 22 heavy (non-hydrogen) atoms. The minimum Gasteiger partial charge on any atom is -0.391 e. The normalized spacial score (nSPS) is 28.3. The van der Waals surface area contributed by atoms with Gasteiger partial charge in [0.1, 0.15) is 0 Å². The Bertz CT molecular complexity index is 513. The summed E-state index contributed by atoms with van der Waals surface area (Å²) in [5.74, 6) is 0.174. The molecule has 3 atom stereocenters. The number of aromatic nitrogens is 2. The quantitative estimate of drug-likeness (QED) is 0.878. The van der Waals surface area contributed by atoms with Gasteiger partial charge in [-0.05, 0) is 19.3 Å². The maximum Gasteiger partial charge on any atom is 0.322 e. The van der Waals surface area contributed by atoms with Crippen molar-refractivity contribution in [3.05, 3.63) is 12.4 Å². The molecule has 0 aliphatic carbocycles. The molecular formula is C15H24N4O3. The van der Waals surface area contributed by atoms with Crippen LogP contribution in [0.15, 0.2) is 12.4 Å². The van der Waals surface area contributed by atoms with E-state index in [2.05, 4.69) is 10.4 Å². The van der Waals surface area contributed by atoms with Crippen LogP contribution in [0.3, 0.4) is 0 Å². The molecule has 2 amide bonds. The summed E-state index contributed by atoms with van der Waals surface area (Å²) in [6.07, 6.45) is 6.32. The molecule has 0 bridgehead atoms. The standard InChI is InChI=1S/C15H24N4O3/c1-2-11-7-18(10-14(11)20)15(21)17-12-6-16-19(8-12)9-13-4-3-5-22-13/h6,8,11,13-14,20H,2-5,7,9-10H2,1H3,(H,17,21). The molecule has 0 spiro atoms. The first-order chi connectivity index (χ1) is 10.7. The Kier molecular flexibility index (Phi) is 4.63. The van der Waals surface area contributed by atoms with Gasteiger partial charge in [-0.1, -0.05) is 6.92 Å². The van der Waals surface area contributed by atoms with E-state index in [1.54, 1.807) is 15.8 Å². The predicted molar refractivity (Wildman–Crippen MR) is 81.6 cm³/mol. The Morgan fingerprint density at radius 1 is 1.55 bits per heavy atom. The highest BCUT2D eigenvalue weighted by atomic mass is 16.5. The SMILES string of the molecule is CCC1CN(C(=O)Nc2cnn(CC3CCCO3)c2)CC1O. The second-order valence-electron chi connectivity index (χ2n) is 6.16. The summed E-state index contributed by atoms with van der Waals surface area (Å²) >= 11 is 0. The molecular weight excluding hydrogens is 284 g/mol. The number of nitrogens with one attached hydrogen (secondary N) is 1. The van der Waals surface area contributed by atoms with E-state index in [-0.39, 0.29) is 18.1 Å². The van der Waals surface area contributed by atoms with Crippen molar-refractivity contribution in [1.82, 2.24) is 14.7 Å². The Balaban J connectivity index is 1.52. The largest absolute Gasteiger partial charge is 0.391 e. The molecule has 2 N–H and O–H groups in total. The number of anilines is 1. The number of aliphatic hydroxyl groups excluding tert-OH is 1. The van der Waals surface area contributed by atoms with Crippen molar-refractivity contribution in [1.29, 1.82) is 0 Å². The van der Waals surface area contributed by atoms with Crippen LogP contribution in [-0.4, -0.2) is 57.7 Å². The second kappa shape index (κ2) is 6.66.